The van der Waals surface area contributed by atoms with Gasteiger partial charge in [-0.25, -0.2) is 0 Å². The van der Waals surface area contributed by atoms with E-state index >= 15 is 0 Å². The van der Waals surface area contributed by atoms with E-state index in [0.717, 1.165) is 24.3 Å². The number of pyridine rings is 1. The standard InChI is InChI=1S/C24H33NO/c1-2-3-4-5-6-7-8-9-10-20-26-24-17-15-22(16-18-24)13-14-23-12-11-19-25-21-23/h11-19,21H,2-10,20H2,1H3/b14-13+. The highest BCUT2D eigenvalue weighted by Gasteiger charge is 1.96. The van der Waals surface area contributed by atoms with Crippen LogP contribution < -0.4 is 4.74 Å². The third-order valence-corrected chi connectivity index (χ3v) is 4.55. The minimum atomic E-state index is 0.820. The molecule has 1 heterocycles. The van der Waals surface area contributed by atoms with Gasteiger partial charge in [0.15, 0.2) is 0 Å². The highest BCUT2D eigenvalue weighted by atomic mass is 16.5. The van der Waals surface area contributed by atoms with Crippen molar-refractivity contribution in [1.82, 2.24) is 4.98 Å². The van der Waals surface area contributed by atoms with E-state index in [9.17, 15) is 0 Å². The summed E-state index contributed by atoms with van der Waals surface area (Å²) in [6.07, 6.45) is 19.9. The molecule has 0 unspecified atom stereocenters. The molecule has 0 aliphatic heterocycles. The van der Waals surface area contributed by atoms with E-state index in [1.165, 1.54) is 56.9 Å². The highest BCUT2D eigenvalue weighted by Crippen LogP contribution is 2.15. The second-order valence-electron chi connectivity index (χ2n) is 6.87. The van der Waals surface area contributed by atoms with Crippen LogP contribution in [0.2, 0.25) is 0 Å². The van der Waals surface area contributed by atoms with E-state index < -0.39 is 0 Å². The molecule has 140 valence electrons. The Bertz CT molecular complexity index is 604. The van der Waals surface area contributed by atoms with Crippen molar-refractivity contribution in [3.8, 4) is 5.75 Å². The number of rotatable bonds is 13. The van der Waals surface area contributed by atoms with Gasteiger partial charge >= 0.3 is 0 Å². The Morgan fingerprint density at radius 1 is 0.769 bits per heavy atom. The highest BCUT2D eigenvalue weighted by molar-refractivity contribution is 5.69. The first-order valence-electron chi connectivity index (χ1n) is 10.2. The summed E-state index contributed by atoms with van der Waals surface area (Å²) >= 11 is 0. The van der Waals surface area contributed by atoms with Gasteiger partial charge in [-0.2, -0.15) is 0 Å². The van der Waals surface area contributed by atoms with Crippen LogP contribution in [0.1, 0.15) is 75.8 Å². The Hall–Kier alpha value is -2.09. The molecular weight excluding hydrogens is 318 g/mol. The van der Waals surface area contributed by atoms with E-state index in [2.05, 4.69) is 48.3 Å². The Kier molecular flexibility index (Phi) is 10.2. The van der Waals surface area contributed by atoms with Crippen molar-refractivity contribution < 1.29 is 4.74 Å². The number of unbranched alkanes of at least 4 members (excludes halogenated alkanes) is 8. The van der Waals surface area contributed by atoms with Crippen LogP contribution in [0.4, 0.5) is 0 Å². The predicted octanol–water partition coefficient (Wildman–Crippen LogP) is 7.16. The van der Waals surface area contributed by atoms with Crippen LogP contribution in [-0.2, 0) is 0 Å². The van der Waals surface area contributed by atoms with E-state index in [0.29, 0.717) is 0 Å². The number of hydrogen-bond donors (Lipinski definition) is 0. The first kappa shape index (κ1) is 20.2. The van der Waals surface area contributed by atoms with Crippen LogP contribution in [0.15, 0.2) is 48.8 Å². The molecule has 0 radical (unpaired) electrons. The second-order valence-corrected chi connectivity index (χ2v) is 6.87. The van der Waals surface area contributed by atoms with Crippen LogP contribution in [0, 0.1) is 0 Å². The SMILES string of the molecule is CCCCCCCCCCCOc1ccc(/C=C/c2cccnc2)cc1. The molecule has 1 aromatic carbocycles. The molecule has 0 saturated carbocycles. The zero-order chi connectivity index (χ0) is 18.3. The Morgan fingerprint density at radius 3 is 2.08 bits per heavy atom. The fourth-order valence-corrected chi connectivity index (χ4v) is 2.94. The van der Waals surface area contributed by atoms with Crippen molar-refractivity contribution in [1.29, 1.82) is 0 Å². The van der Waals surface area contributed by atoms with Crippen LogP contribution in [-0.4, -0.2) is 11.6 Å². The molecule has 2 rings (SSSR count). The Morgan fingerprint density at radius 2 is 1.42 bits per heavy atom. The topological polar surface area (TPSA) is 22.1 Å². The van der Waals surface area contributed by atoms with Gasteiger partial charge in [0.25, 0.3) is 0 Å². The van der Waals surface area contributed by atoms with E-state index in [1.807, 2.05) is 18.3 Å². The minimum Gasteiger partial charge on any atom is -0.494 e. The summed E-state index contributed by atoms with van der Waals surface area (Å²) < 4.78 is 5.85. The lowest BCUT2D eigenvalue weighted by Crippen LogP contribution is -1.97. The second kappa shape index (κ2) is 13.2. The van der Waals surface area contributed by atoms with Gasteiger partial charge in [-0.15, -0.1) is 0 Å². The number of benzene rings is 1. The smallest absolute Gasteiger partial charge is 0.119 e. The van der Waals surface area contributed by atoms with E-state index in [4.69, 9.17) is 4.74 Å². The monoisotopic (exact) mass is 351 g/mol. The lowest BCUT2D eigenvalue weighted by molar-refractivity contribution is 0.304. The number of hydrogen-bond acceptors (Lipinski definition) is 2. The zero-order valence-electron chi connectivity index (χ0n) is 16.2. The molecule has 0 amide bonds. The van der Waals surface area contributed by atoms with Gasteiger partial charge in [-0.1, -0.05) is 88.6 Å². The first-order valence-corrected chi connectivity index (χ1v) is 10.2. The summed E-state index contributed by atoms with van der Waals surface area (Å²) in [5.41, 5.74) is 2.28. The normalized spacial score (nSPS) is 11.1. The van der Waals surface area contributed by atoms with Crippen molar-refractivity contribution in [2.24, 2.45) is 0 Å². The fraction of sp³-hybridized carbons (Fsp3) is 0.458. The third-order valence-electron chi connectivity index (χ3n) is 4.55. The number of nitrogens with zero attached hydrogens (tertiary/aromatic N) is 1. The van der Waals surface area contributed by atoms with Gasteiger partial charge in [-0.05, 0) is 35.7 Å². The van der Waals surface area contributed by atoms with Crippen molar-refractivity contribution >= 4 is 12.2 Å². The quantitative estimate of drug-likeness (QED) is 0.357. The summed E-state index contributed by atoms with van der Waals surface area (Å²) in [5.74, 6) is 0.961. The molecule has 0 atom stereocenters. The molecule has 1 aromatic heterocycles. The molecule has 0 bridgehead atoms. The lowest BCUT2D eigenvalue weighted by Gasteiger charge is -2.06. The molecule has 0 fully saturated rings. The van der Waals surface area contributed by atoms with Crippen molar-refractivity contribution in [3.05, 3.63) is 59.9 Å². The van der Waals surface area contributed by atoms with Crippen LogP contribution >= 0.6 is 0 Å². The predicted molar refractivity (Wildman–Crippen MR) is 112 cm³/mol. The van der Waals surface area contributed by atoms with Gasteiger partial charge in [0.1, 0.15) is 5.75 Å². The van der Waals surface area contributed by atoms with Crippen LogP contribution in [0.25, 0.3) is 12.2 Å². The molecule has 2 heteroatoms. The maximum atomic E-state index is 5.85. The van der Waals surface area contributed by atoms with E-state index in [-0.39, 0.29) is 0 Å². The summed E-state index contributed by atoms with van der Waals surface area (Å²) in [6.45, 7) is 3.09. The van der Waals surface area contributed by atoms with Gasteiger partial charge < -0.3 is 4.74 Å². The average Bonchev–Trinajstić information content (AvgIpc) is 2.69. The number of ether oxygens (including phenoxy) is 1. The molecule has 26 heavy (non-hydrogen) atoms. The summed E-state index contributed by atoms with van der Waals surface area (Å²) in [5, 5.41) is 0. The fourth-order valence-electron chi connectivity index (χ4n) is 2.94. The van der Waals surface area contributed by atoms with Crippen molar-refractivity contribution in [2.45, 2.75) is 64.7 Å². The molecule has 2 aromatic rings. The average molecular weight is 352 g/mol. The van der Waals surface area contributed by atoms with Crippen LogP contribution in [0.3, 0.4) is 0 Å². The molecular formula is C24H33NO. The molecule has 0 aliphatic rings. The van der Waals surface area contributed by atoms with Gasteiger partial charge in [-0.3, -0.25) is 4.98 Å². The number of aromatic nitrogens is 1. The largest absolute Gasteiger partial charge is 0.494 e. The molecule has 0 spiro atoms. The van der Waals surface area contributed by atoms with Crippen molar-refractivity contribution in [2.75, 3.05) is 6.61 Å². The third kappa shape index (κ3) is 8.84. The molecule has 0 saturated heterocycles. The van der Waals surface area contributed by atoms with Gasteiger partial charge in [0.2, 0.25) is 0 Å². The summed E-state index contributed by atoms with van der Waals surface area (Å²) in [6, 6.07) is 12.3. The maximum absolute atomic E-state index is 5.85. The Labute approximate surface area is 159 Å². The minimum absolute atomic E-state index is 0.820. The lowest BCUT2D eigenvalue weighted by atomic mass is 10.1. The first-order chi connectivity index (χ1) is 12.9. The molecule has 2 nitrogen and oxygen atoms in total. The van der Waals surface area contributed by atoms with Gasteiger partial charge in [0.05, 0.1) is 6.61 Å². The molecule has 0 aliphatic carbocycles. The molecule has 0 N–H and O–H groups in total. The zero-order valence-corrected chi connectivity index (χ0v) is 16.2. The van der Waals surface area contributed by atoms with Gasteiger partial charge in [0, 0.05) is 12.4 Å². The van der Waals surface area contributed by atoms with Crippen molar-refractivity contribution in [3.63, 3.8) is 0 Å². The van der Waals surface area contributed by atoms with Crippen LogP contribution in [0.5, 0.6) is 5.75 Å². The summed E-state index contributed by atoms with van der Waals surface area (Å²) in [4.78, 5) is 4.12. The Balaban J connectivity index is 1.56. The summed E-state index contributed by atoms with van der Waals surface area (Å²) in [7, 11) is 0. The maximum Gasteiger partial charge on any atom is 0.119 e. The van der Waals surface area contributed by atoms with E-state index in [1.54, 1.807) is 6.20 Å².